The van der Waals surface area contributed by atoms with E-state index < -0.39 is 0 Å². The van der Waals surface area contributed by atoms with E-state index in [1.807, 2.05) is 0 Å². The summed E-state index contributed by atoms with van der Waals surface area (Å²) in [6.45, 7) is 0. The maximum atomic E-state index is 10.8. The topological polar surface area (TPSA) is 63.4 Å². The lowest BCUT2D eigenvalue weighted by Gasteiger charge is -2.13. The Bertz CT molecular complexity index is 397. The number of hydrogen-bond donors (Lipinski definition) is 1. The molecular formula is C11H13NO3S. The van der Waals surface area contributed by atoms with Crippen molar-refractivity contribution in [2.75, 3.05) is 0 Å². The van der Waals surface area contributed by atoms with Crippen LogP contribution in [-0.2, 0) is 0 Å². The summed E-state index contributed by atoms with van der Waals surface area (Å²) in [5.74, 6) is 0. The molecule has 0 unspecified atom stereocenters. The molecule has 4 nitrogen and oxygen atoms in total. The predicted molar refractivity (Wildman–Crippen MR) is 62.6 cm³/mol. The molecule has 2 rings (SSSR count). The second-order valence-corrected chi connectivity index (χ2v) is 5.16. The maximum absolute atomic E-state index is 10.8. The molecule has 1 aromatic carbocycles. The Morgan fingerprint density at radius 3 is 2.75 bits per heavy atom. The Kier molecular flexibility index (Phi) is 3.46. The minimum atomic E-state index is -0.371. The fourth-order valence-electron chi connectivity index (χ4n) is 1.91. The number of para-hydroxylation sites is 1. The molecule has 0 amide bonds. The quantitative estimate of drug-likeness (QED) is 0.650. The number of rotatable bonds is 3. The minimum absolute atomic E-state index is 0.0982. The number of aliphatic hydroxyl groups is 1. The first-order chi connectivity index (χ1) is 7.68. The number of thioether (sulfide) groups is 1. The first-order valence-electron chi connectivity index (χ1n) is 5.26. The molecule has 86 valence electrons. The van der Waals surface area contributed by atoms with Crippen molar-refractivity contribution in [3.05, 3.63) is 34.4 Å². The van der Waals surface area contributed by atoms with Crippen LogP contribution in [-0.4, -0.2) is 21.4 Å². The van der Waals surface area contributed by atoms with Crippen LogP contribution in [0.25, 0.3) is 0 Å². The van der Waals surface area contributed by atoms with Gasteiger partial charge in [0.1, 0.15) is 0 Å². The van der Waals surface area contributed by atoms with E-state index in [9.17, 15) is 15.2 Å². The molecule has 1 fully saturated rings. The summed E-state index contributed by atoms with van der Waals surface area (Å²) in [4.78, 5) is 11.1. The highest BCUT2D eigenvalue weighted by atomic mass is 32.2. The Morgan fingerprint density at radius 1 is 1.38 bits per heavy atom. The SMILES string of the molecule is O=[N+]([O-])c1ccccc1S[C@@H]1CCC[C@H]1O. The molecule has 1 aliphatic rings. The van der Waals surface area contributed by atoms with Crippen LogP contribution in [0.15, 0.2) is 29.2 Å². The van der Waals surface area contributed by atoms with Gasteiger partial charge in [0.25, 0.3) is 5.69 Å². The molecule has 0 heterocycles. The summed E-state index contributed by atoms with van der Waals surface area (Å²) in [5.41, 5.74) is 0.131. The molecule has 16 heavy (non-hydrogen) atoms. The molecular weight excluding hydrogens is 226 g/mol. The molecule has 0 aliphatic heterocycles. The monoisotopic (exact) mass is 239 g/mol. The second-order valence-electron chi connectivity index (χ2n) is 3.88. The van der Waals surface area contributed by atoms with Crippen LogP contribution in [0.3, 0.4) is 0 Å². The van der Waals surface area contributed by atoms with E-state index >= 15 is 0 Å². The fraction of sp³-hybridized carbons (Fsp3) is 0.455. The van der Waals surface area contributed by atoms with Crippen molar-refractivity contribution >= 4 is 17.4 Å². The van der Waals surface area contributed by atoms with Gasteiger partial charge in [-0.3, -0.25) is 10.1 Å². The van der Waals surface area contributed by atoms with Crippen molar-refractivity contribution < 1.29 is 10.0 Å². The largest absolute Gasteiger partial charge is 0.392 e. The molecule has 5 heteroatoms. The third-order valence-electron chi connectivity index (χ3n) is 2.76. The lowest BCUT2D eigenvalue weighted by atomic mass is 10.3. The van der Waals surface area contributed by atoms with Crippen LogP contribution >= 0.6 is 11.8 Å². The van der Waals surface area contributed by atoms with Crippen LogP contribution in [0.1, 0.15) is 19.3 Å². The van der Waals surface area contributed by atoms with E-state index in [4.69, 9.17) is 0 Å². The molecule has 1 aromatic rings. The van der Waals surface area contributed by atoms with Gasteiger partial charge in [0, 0.05) is 11.3 Å². The van der Waals surface area contributed by atoms with E-state index in [2.05, 4.69) is 0 Å². The summed E-state index contributed by atoms with van der Waals surface area (Å²) < 4.78 is 0. The average molecular weight is 239 g/mol. The first-order valence-corrected chi connectivity index (χ1v) is 6.14. The molecule has 1 saturated carbocycles. The van der Waals surface area contributed by atoms with Crippen LogP contribution in [0.4, 0.5) is 5.69 Å². The first kappa shape index (κ1) is 11.4. The molecule has 0 bridgehead atoms. The number of hydrogen-bond acceptors (Lipinski definition) is 4. The molecule has 0 aromatic heterocycles. The van der Waals surface area contributed by atoms with E-state index in [-0.39, 0.29) is 22.0 Å². The Balaban J connectivity index is 2.17. The van der Waals surface area contributed by atoms with Crippen molar-refractivity contribution in [1.29, 1.82) is 0 Å². The van der Waals surface area contributed by atoms with E-state index in [0.29, 0.717) is 4.90 Å². The Hall–Kier alpha value is -1.07. The molecule has 1 aliphatic carbocycles. The van der Waals surface area contributed by atoms with Gasteiger partial charge in [-0.15, -0.1) is 11.8 Å². The third-order valence-corrected chi connectivity index (χ3v) is 4.21. The van der Waals surface area contributed by atoms with Gasteiger partial charge in [-0.1, -0.05) is 12.1 Å². The van der Waals surface area contributed by atoms with Crippen LogP contribution < -0.4 is 0 Å². The highest BCUT2D eigenvalue weighted by Gasteiger charge is 2.28. The minimum Gasteiger partial charge on any atom is -0.392 e. The Morgan fingerprint density at radius 2 is 2.12 bits per heavy atom. The summed E-state index contributed by atoms with van der Waals surface area (Å²) >= 11 is 1.42. The summed E-state index contributed by atoms with van der Waals surface area (Å²) in [6.07, 6.45) is 2.40. The summed E-state index contributed by atoms with van der Waals surface area (Å²) in [7, 11) is 0. The maximum Gasteiger partial charge on any atom is 0.282 e. The molecule has 0 radical (unpaired) electrons. The normalized spacial score (nSPS) is 24.6. The van der Waals surface area contributed by atoms with E-state index in [0.717, 1.165) is 19.3 Å². The van der Waals surface area contributed by atoms with Gasteiger partial charge in [-0.05, 0) is 25.3 Å². The van der Waals surface area contributed by atoms with Crippen molar-refractivity contribution in [3.8, 4) is 0 Å². The third kappa shape index (κ3) is 2.36. The number of nitro benzene ring substituents is 1. The smallest absolute Gasteiger partial charge is 0.282 e. The highest BCUT2D eigenvalue weighted by molar-refractivity contribution is 8.00. The van der Waals surface area contributed by atoms with E-state index in [1.165, 1.54) is 17.8 Å². The molecule has 2 atom stereocenters. The van der Waals surface area contributed by atoms with Crippen molar-refractivity contribution in [2.45, 2.75) is 35.5 Å². The average Bonchev–Trinajstić information content (AvgIpc) is 2.65. The van der Waals surface area contributed by atoms with Crippen LogP contribution in [0, 0.1) is 10.1 Å². The number of benzene rings is 1. The highest BCUT2D eigenvalue weighted by Crippen LogP contribution is 2.38. The second kappa shape index (κ2) is 4.84. The van der Waals surface area contributed by atoms with Crippen LogP contribution in [0.2, 0.25) is 0 Å². The number of nitro groups is 1. The van der Waals surface area contributed by atoms with Gasteiger partial charge in [0.2, 0.25) is 0 Å². The zero-order valence-corrected chi connectivity index (χ0v) is 9.52. The van der Waals surface area contributed by atoms with Crippen molar-refractivity contribution in [3.63, 3.8) is 0 Å². The van der Waals surface area contributed by atoms with Crippen molar-refractivity contribution in [2.24, 2.45) is 0 Å². The summed E-state index contributed by atoms with van der Waals surface area (Å²) in [6, 6.07) is 6.70. The number of nitrogens with zero attached hydrogens (tertiary/aromatic N) is 1. The molecule has 0 spiro atoms. The molecule has 1 N–H and O–H groups in total. The summed E-state index contributed by atoms with van der Waals surface area (Å²) in [5, 5.41) is 20.6. The zero-order valence-electron chi connectivity index (χ0n) is 8.70. The number of aliphatic hydroxyl groups excluding tert-OH is 1. The van der Waals surface area contributed by atoms with Crippen molar-refractivity contribution in [1.82, 2.24) is 0 Å². The lowest BCUT2D eigenvalue weighted by molar-refractivity contribution is -0.387. The predicted octanol–water partition coefficient (Wildman–Crippen LogP) is 2.60. The molecule has 0 saturated heterocycles. The standard InChI is InChI=1S/C11H13NO3S/c13-9-5-3-7-11(9)16-10-6-2-1-4-8(10)12(14)15/h1-2,4,6,9,11,13H,3,5,7H2/t9-,11-/m1/s1. The van der Waals surface area contributed by atoms with Gasteiger partial charge in [-0.2, -0.15) is 0 Å². The van der Waals surface area contributed by atoms with Gasteiger partial charge in [-0.25, -0.2) is 0 Å². The van der Waals surface area contributed by atoms with Crippen LogP contribution in [0.5, 0.6) is 0 Å². The van der Waals surface area contributed by atoms with Gasteiger partial charge < -0.3 is 5.11 Å². The van der Waals surface area contributed by atoms with Gasteiger partial charge >= 0.3 is 0 Å². The zero-order chi connectivity index (χ0) is 11.5. The lowest BCUT2D eigenvalue weighted by Crippen LogP contribution is -2.15. The van der Waals surface area contributed by atoms with E-state index in [1.54, 1.807) is 18.2 Å². The fourth-order valence-corrected chi connectivity index (χ4v) is 3.24. The van der Waals surface area contributed by atoms with Gasteiger partial charge in [0.05, 0.1) is 15.9 Å². The Labute approximate surface area is 97.8 Å². The van der Waals surface area contributed by atoms with Gasteiger partial charge in [0.15, 0.2) is 0 Å².